The molecule has 2 unspecified atom stereocenters. The van der Waals surface area contributed by atoms with Crippen LogP contribution in [0.25, 0.3) is 5.95 Å². The number of amides is 1. The number of aromatic nitrogens is 4. The van der Waals surface area contributed by atoms with Crippen LogP contribution >= 0.6 is 0 Å². The van der Waals surface area contributed by atoms with Crippen LogP contribution in [0.5, 0.6) is 0 Å². The smallest absolute Gasteiger partial charge is 0.349 e. The van der Waals surface area contributed by atoms with E-state index in [1.165, 1.54) is 0 Å². The summed E-state index contributed by atoms with van der Waals surface area (Å²) in [5.41, 5.74) is 1.48. The second-order valence-electron chi connectivity index (χ2n) is 8.91. The largest absolute Gasteiger partial charge is 0.391 e. The molecule has 0 radical (unpaired) electrons. The van der Waals surface area contributed by atoms with E-state index in [1.807, 2.05) is 13.0 Å². The van der Waals surface area contributed by atoms with E-state index in [1.54, 1.807) is 23.3 Å². The first kappa shape index (κ1) is 22.7. The van der Waals surface area contributed by atoms with E-state index in [0.29, 0.717) is 24.6 Å². The number of alkyl halides is 3. The predicted octanol–water partition coefficient (Wildman–Crippen LogP) is 3.42. The number of carbonyl (C=O) groups is 1. The summed E-state index contributed by atoms with van der Waals surface area (Å²) in [6.07, 6.45) is 4.30. The van der Waals surface area contributed by atoms with Crippen LogP contribution in [0, 0.1) is 18.8 Å². The van der Waals surface area contributed by atoms with Crippen molar-refractivity contribution in [2.45, 2.75) is 64.2 Å². The summed E-state index contributed by atoms with van der Waals surface area (Å²) >= 11 is 0. The molecule has 32 heavy (non-hydrogen) atoms. The van der Waals surface area contributed by atoms with Gasteiger partial charge in [-0.05, 0) is 57.6 Å². The van der Waals surface area contributed by atoms with Crippen molar-refractivity contribution in [2.75, 3.05) is 13.1 Å². The molecule has 7 nitrogen and oxygen atoms in total. The summed E-state index contributed by atoms with van der Waals surface area (Å²) in [5, 5.41) is 2.97. The fourth-order valence-corrected chi connectivity index (χ4v) is 4.92. The van der Waals surface area contributed by atoms with Crippen molar-refractivity contribution in [1.82, 2.24) is 29.7 Å². The number of likely N-dealkylation sites (tertiary alicyclic amines) is 1. The molecule has 174 valence electrons. The third kappa shape index (κ3) is 5.46. The molecule has 2 aromatic heterocycles. The van der Waals surface area contributed by atoms with Crippen molar-refractivity contribution in [2.24, 2.45) is 11.8 Å². The molecule has 2 aliphatic rings. The summed E-state index contributed by atoms with van der Waals surface area (Å²) in [5.74, 6) is -0.815. The number of hydrogen-bond acceptors (Lipinski definition) is 5. The Hall–Kier alpha value is -2.49. The summed E-state index contributed by atoms with van der Waals surface area (Å²) in [6, 6.07) is 1.53. The highest BCUT2D eigenvalue weighted by molar-refractivity contribution is 5.82. The van der Waals surface area contributed by atoms with Gasteiger partial charge in [0, 0.05) is 24.6 Å². The van der Waals surface area contributed by atoms with Crippen LogP contribution in [0.2, 0.25) is 0 Å². The Morgan fingerprint density at radius 1 is 1.22 bits per heavy atom. The molecule has 1 amide bonds. The highest BCUT2D eigenvalue weighted by Crippen LogP contribution is 2.40. The second-order valence-corrected chi connectivity index (χ2v) is 8.91. The fraction of sp³-hybridized carbons (Fsp3) is 0.636. The molecule has 0 spiro atoms. The normalized spacial score (nSPS) is 24.6. The molecular formula is C22H29F3N6O. The van der Waals surface area contributed by atoms with Crippen LogP contribution in [-0.4, -0.2) is 55.6 Å². The van der Waals surface area contributed by atoms with Crippen molar-refractivity contribution >= 4 is 5.91 Å². The molecule has 2 fully saturated rings. The highest BCUT2D eigenvalue weighted by atomic mass is 19.4. The second kappa shape index (κ2) is 9.56. The third-order valence-electron chi connectivity index (χ3n) is 6.48. The van der Waals surface area contributed by atoms with E-state index >= 15 is 0 Å². The minimum absolute atomic E-state index is 0.00831. The Morgan fingerprint density at radius 3 is 2.81 bits per heavy atom. The molecule has 1 N–H and O–H groups in total. The van der Waals surface area contributed by atoms with Crippen LogP contribution < -0.4 is 5.32 Å². The maximum atomic E-state index is 13.1. The Kier molecular flexibility index (Phi) is 6.78. The van der Waals surface area contributed by atoms with E-state index in [4.69, 9.17) is 0 Å². The lowest BCUT2D eigenvalue weighted by Gasteiger charge is -2.34. The number of carbonyl (C=O) groups excluding carboxylic acids is 1. The molecule has 4 rings (SSSR count). The first-order valence-corrected chi connectivity index (χ1v) is 11.2. The number of aryl methyl sites for hydroxylation is 1. The molecule has 10 heteroatoms. The van der Waals surface area contributed by atoms with E-state index in [-0.39, 0.29) is 37.3 Å². The van der Waals surface area contributed by atoms with Gasteiger partial charge in [-0.25, -0.2) is 15.0 Å². The SMILES string of the molecule is Cc1cc(CNC(=O)C2CCCN2C[C@@H]2CCCC(C(F)(F)F)C2)nc(-n2ccnc2)n1. The monoisotopic (exact) mass is 450 g/mol. The molecule has 1 aliphatic carbocycles. The quantitative estimate of drug-likeness (QED) is 0.730. The summed E-state index contributed by atoms with van der Waals surface area (Å²) in [6.45, 7) is 3.45. The van der Waals surface area contributed by atoms with Crippen molar-refractivity contribution in [3.63, 3.8) is 0 Å². The van der Waals surface area contributed by atoms with E-state index in [2.05, 4.69) is 25.2 Å². The number of halogens is 3. The van der Waals surface area contributed by atoms with Gasteiger partial charge in [0.1, 0.15) is 6.33 Å². The standard InChI is InChI=1S/C22H29F3N6O/c1-15-10-18(29-21(28-15)31-9-7-26-14-31)12-27-20(32)19-6-3-8-30(19)13-16-4-2-5-17(11-16)22(23,24)25/h7,9-10,14,16-17,19H,2-6,8,11-13H2,1H3,(H,27,32)/t16-,17?,19?/m1/s1. The van der Waals surface area contributed by atoms with Gasteiger partial charge < -0.3 is 5.32 Å². The van der Waals surface area contributed by atoms with Gasteiger partial charge in [-0.2, -0.15) is 13.2 Å². The van der Waals surface area contributed by atoms with Gasteiger partial charge in [-0.1, -0.05) is 6.42 Å². The van der Waals surface area contributed by atoms with E-state index in [9.17, 15) is 18.0 Å². The van der Waals surface area contributed by atoms with Crippen molar-refractivity contribution in [1.29, 1.82) is 0 Å². The number of rotatable bonds is 6. The van der Waals surface area contributed by atoms with Crippen LogP contribution in [0.1, 0.15) is 49.9 Å². The Bertz CT molecular complexity index is 917. The summed E-state index contributed by atoms with van der Waals surface area (Å²) in [7, 11) is 0. The average molecular weight is 451 g/mol. The topological polar surface area (TPSA) is 75.9 Å². The lowest BCUT2D eigenvalue weighted by molar-refractivity contribution is -0.186. The molecule has 0 bridgehead atoms. The van der Waals surface area contributed by atoms with Gasteiger partial charge in [0.2, 0.25) is 11.9 Å². The van der Waals surface area contributed by atoms with Crippen molar-refractivity contribution in [3.05, 3.63) is 36.2 Å². The lowest BCUT2D eigenvalue weighted by atomic mass is 9.80. The molecule has 1 aliphatic heterocycles. The van der Waals surface area contributed by atoms with Gasteiger partial charge in [0.05, 0.1) is 24.2 Å². The molecule has 2 aromatic rings. The van der Waals surface area contributed by atoms with Gasteiger partial charge in [-0.3, -0.25) is 14.3 Å². The number of hydrogen-bond donors (Lipinski definition) is 1. The zero-order valence-corrected chi connectivity index (χ0v) is 18.2. The maximum absolute atomic E-state index is 13.1. The summed E-state index contributed by atoms with van der Waals surface area (Å²) in [4.78, 5) is 27.9. The minimum atomic E-state index is -4.12. The Morgan fingerprint density at radius 2 is 2.06 bits per heavy atom. The van der Waals surface area contributed by atoms with Gasteiger partial charge in [0.15, 0.2) is 0 Å². The number of imidazole rings is 1. The number of nitrogens with zero attached hydrogens (tertiary/aromatic N) is 5. The lowest BCUT2D eigenvalue weighted by Crippen LogP contribution is -2.45. The fourth-order valence-electron chi connectivity index (χ4n) is 4.92. The zero-order valence-electron chi connectivity index (χ0n) is 18.2. The van der Waals surface area contributed by atoms with Gasteiger partial charge in [0.25, 0.3) is 0 Å². The molecular weight excluding hydrogens is 421 g/mol. The van der Waals surface area contributed by atoms with E-state index in [0.717, 1.165) is 31.5 Å². The molecule has 1 saturated heterocycles. The Labute approximate surface area is 185 Å². The highest BCUT2D eigenvalue weighted by Gasteiger charge is 2.43. The first-order chi connectivity index (χ1) is 15.3. The molecule has 3 heterocycles. The van der Waals surface area contributed by atoms with Crippen LogP contribution in [0.15, 0.2) is 24.8 Å². The van der Waals surface area contributed by atoms with Gasteiger partial charge >= 0.3 is 6.18 Å². The maximum Gasteiger partial charge on any atom is 0.391 e. The van der Waals surface area contributed by atoms with Crippen molar-refractivity contribution in [3.8, 4) is 5.95 Å². The molecule has 0 aromatic carbocycles. The van der Waals surface area contributed by atoms with Gasteiger partial charge in [-0.15, -0.1) is 0 Å². The summed E-state index contributed by atoms with van der Waals surface area (Å²) < 4.78 is 41.1. The van der Waals surface area contributed by atoms with Crippen LogP contribution in [0.3, 0.4) is 0 Å². The van der Waals surface area contributed by atoms with Crippen LogP contribution in [0.4, 0.5) is 13.2 Å². The number of nitrogens with one attached hydrogen (secondary N) is 1. The average Bonchev–Trinajstić information content (AvgIpc) is 3.44. The molecule has 1 saturated carbocycles. The Balaban J connectivity index is 1.34. The zero-order chi connectivity index (χ0) is 22.7. The molecule has 3 atom stereocenters. The van der Waals surface area contributed by atoms with Crippen molar-refractivity contribution < 1.29 is 18.0 Å². The van der Waals surface area contributed by atoms with E-state index < -0.39 is 12.1 Å². The third-order valence-corrected chi connectivity index (χ3v) is 6.48. The minimum Gasteiger partial charge on any atom is -0.349 e. The van der Waals surface area contributed by atoms with Crippen LogP contribution in [-0.2, 0) is 11.3 Å². The first-order valence-electron chi connectivity index (χ1n) is 11.2. The predicted molar refractivity (Wildman–Crippen MR) is 112 cm³/mol.